The first-order valence-corrected chi connectivity index (χ1v) is 11.6. The molecule has 3 aromatic rings. The van der Waals surface area contributed by atoms with Gasteiger partial charge in [-0.25, -0.2) is 4.79 Å². The van der Waals surface area contributed by atoms with Crippen LogP contribution in [0.25, 0.3) is 17.0 Å². The van der Waals surface area contributed by atoms with E-state index in [9.17, 15) is 9.59 Å². The van der Waals surface area contributed by atoms with Crippen molar-refractivity contribution in [3.05, 3.63) is 59.0 Å². The number of hydrogen-bond donors (Lipinski definition) is 2. The number of H-pyrrole nitrogens is 1. The van der Waals surface area contributed by atoms with Gasteiger partial charge in [-0.1, -0.05) is 18.2 Å². The molecular weight excluding hydrogens is 434 g/mol. The predicted octanol–water partition coefficient (Wildman–Crippen LogP) is 4.90. The number of rotatable bonds is 6. The van der Waals surface area contributed by atoms with Crippen LogP contribution < -0.4 is 9.47 Å². The molecule has 0 radical (unpaired) electrons. The first-order valence-electron chi connectivity index (χ1n) is 11.6. The van der Waals surface area contributed by atoms with Gasteiger partial charge in [-0.2, -0.15) is 5.10 Å². The van der Waals surface area contributed by atoms with Crippen molar-refractivity contribution < 1.29 is 24.2 Å². The van der Waals surface area contributed by atoms with Crippen molar-refractivity contribution in [1.82, 2.24) is 15.1 Å². The molecule has 8 heteroatoms. The van der Waals surface area contributed by atoms with E-state index in [4.69, 9.17) is 14.6 Å². The summed E-state index contributed by atoms with van der Waals surface area (Å²) in [5, 5.41) is 17.4. The Balaban J connectivity index is 1.32. The zero-order chi connectivity index (χ0) is 23.7. The van der Waals surface area contributed by atoms with E-state index in [1.54, 1.807) is 19.3 Å². The summed E-state index contributed by atoms with van der Waals surface area (Å²) in [5.74, 6) is 1.87. The number of likely N-dealkylation sites (tertiary alicyclic amines) is 1. The number of carboxylic acid groups (broad SMARTS) is 1. The Labute approximate surface area is 197 Å². The van der Waals surface area contributed by atoms with Crippen LogP contribution in [0.2, 0.25) is 0 Å². The van der Waals surface area contributed by atoms with Crippen molar-refractivity contribution in [2.45, 2.75) is 32.1 Å². The highest BCUT2D eigenvalue weighted by Crippen LogP contribution is 2.41. The first-order chi connectivity index (χ1) is 16.5. The quantitative estimate of drug-likeness (QED) is 0.506. The monoisotopic (exact) mass is 461 g/mol. The lowest BCUT2D eigenvalue weighted by molar-refractivity contribution is 0.101. The zero-order valence-corrected chi connectivity index (χ0v) is 19.0. The third kappa shape index (κ3) is 4.11. The van der Waals surface area contributed by atoms with Gasteiger partial charge in [-0.3, -0.25) is 9.89 Å². The van der Waals surface area contributed by atoms with Gasteiger partial charge in [0.15, 0.2) is 5.76 Å². The molecule has 0 bridgehead atoms. The van der Waals surface area contributed by atoms with Gasteiger partial charge >= 0.3 is 6.09 Å². The fourth-order valence-corrected chi connectivity index (χ4v) is 4.92. The summed E-state index contributed by atoms with van der Waals surface area (Å²) >= 11 is 0. The standard InChI is InChI=1S/C26H27N3O5/c1-33-22-10-9-19-24(30)23(15-21-17-6-2-3-8-20(17)27-28-21)34-25(19)18(22)7-4-5-16-11-13-29(14-12-16)26(31)32/h2-3,6,8-10,15-16H,4-5,7,11-14H2,1H3,(H,27,28)(H,31,32). The average molecular weight is 462 g/mol. The molecule has 8 nitrogen and oxygen atoms in total. The SMILES string of the molecule is COc1ccc2c(c1CCCC1CCN(C(=O)O)CC1)OC(=Cc1n[nH]c3ccccc13)C2=O. The van der Waals surface area contributed by atoms with Gasteiger partial charge in [0.05, 0.1) is 23.9 Å². The highest BCUT2D eigenvalue weighted by atomic mass is 16.5. The first kappa shape index (κ1) is 22.0. The molecule has 2 N–H and O–H groups in total. The average Bonchev–Trinajstić information content (AvgIpc) is 3.41. The van der Waals surface area contributed by atoms with Gasteiger partial charge in [0, 0.05) is 30.1 Å². The summed E-state index contributed by atoms with van der Waals surface area (Å²) in [6.45, 7) is 1.19. The number of ketones is 1. The smallest absolute Gasteiger partial charge is 0.407 e. The molecule has 1 saturated heterocycles. The van der Waals surface area contributed by atoms with Gasteiger partial charge in [-0.05, 0) is 56.2 Å². The molecule has 1 aromatic heterocycles. The van der Waals surface area contributed by atoms with E-state index in [0.29, 0.717) is 41.8 Å². The molecule has 0 aliphatic carbocycles. The number of allylic oxidation sites excluding steroid dienone is 1. The minimum Gasteiger partial charge on any atom is -0.496 e. The molecule has 1 fully saturated rings. The number of piperidine rings is 1. The highest BCUT2D eigenvalue weighted by molar-refractivity contribution is 6.15. The maximum atomic E-state index is 13.1. The Hall–Kier alpha value is -3.81. The molecule has 3 heterocycles. The van der Waals surface area contributed by atoms with Crippen LogP contribution in [-0.4, -0.2) is 52.3 Å². The molecule has 2 aliphatic rings. The number of hydrogen-bond acceptors (Lipinski definition) is 5. The summed E-state index contributed by atoms with van der Waals surface area (Å²) in [7, 11) is 1.62. The number of benzene rings is 2. The van der Waals surface area contributed by atoms with Crippen molar-refractivity contribution >= 4 is 28.9 Å². The number of carbonyl (C=O) groups excluding carboxylic acids is 1. The number of methoxy groups -OCH3 is 1. The van der Waals surface area contributed by atoms with Gasteiger partial charge < -0.3 is 19.5 Å². The molecule has 0 atom stereocenters. The summed E-state index contributed by atoms with van der Waals surface area (Å²) in [6.07, 6.45) is 5.24. The molecule has 34 heavy (non-hydrogen) atoms. The molecule has 1 amide bonds. The van der Waals surface area contributed by atoms with Crippen LogP contribution in [0.3, 0.4) is 0 Å². The number of nitrogens with zero attached hydrogens (tertiary/aromatic N) is 2. The summed E-state index contributed by atoms with van der Waals surface area (Å²) in [5.41, 5.74) is 2.99. The lowest BCUT2D eigenvalue weighted by atomic mass is 9.90. The van der Waals surface area contributed by atoms with E-state index in [2.05, 4.69) is 10.2 Å². The van der Waals surface area contributed by atoms with Crippen LogP contribution in [0.4, 0.5) is 4.79 Å². The Morgan fingerprint density at radius 2 is 2.06 bits per heavy atom. The van der Waals surface area contributed by atoms with Crippen molar-refractivity contribution in [3.63, 3.8) is 0 Å². The second-order valence-corrected chi connectivity index (χ2v) is 8.82. The number of para-hydroxylation sites is 1. The molecule has 176 valence electrons. The second-order valence-electron chi connectivity index (χ2n) is 8.82. The van der Waals surface area contributed by atoms with Crippen LogP contribution in [0.5, 0.6) is 11.5 Å². The second kappa shape index (κ2) is 9.21. The van der Waals surface area contributed by atoms with Crippen LogP contribution in [0.15, 0.2) is 42.2 Å². The molecule has 5 rings (SSSR count). The van der Waals surface area contributed by atoms with E-state index < -0.39 is 6.09 Å². The largest absolute Gasteiger partial charge is 0.496 e. The van der Waals surface area contributed by atoms with Crippen LogP contribution >= 0.6 is 0 Å². The van der Waals surface area contributed by atoms with E-state index in [1.807, 2.05) is 30.3 Å². The number of carbonyl (C=O) groups is 2. The lowest BCUT2D eigenvalue weighted by Crippen LogP contribution is -2.37. The van der Waals surface area contributed by atoms with E-state index in [0.717, 1.165) is 48.6 Å². The van der Waals surface area contributed by atoms with Crippen molar-refractivity contribution in [3.8, 4) is 11.5 Å². The topological polar surface area (TPSA) is 105 Å². The zero-order valence-electron chi connectivity index (χ0n) is 19.0. The number of nitrogens with one attached hydrogen (secondary N) is 1. The molecule has 0 spiro atoms. The maximum Gasteiger partial charge on any atom is 0.407 e. The molecular formula is C26H27N3O5. The Morgan fingerprint density at radius 1 is 1.26 bits per heavy atom. The molecule has 0 unspecified atom stereocenters. The third-order valence-corrected chi connectivity index (χ3v) is 6.81. The minimum absolute atomic E-state index is 0.160. The van der Waals surface area contributed by atoms with Gasteiger partial charge in [-0.15, -0.1) is 0 Å². The predicted molar refractivity (Wildman–Crippen MR) is 127 cm³/mol. The van der Waals surface area contributed by atoms with E-state index in [1.165, 1.54) is 4.90 Å². The minimum atomic E-state index is -0.837. The number of aromatic amines is 1. The van der Waals surface area contributed by atoms with Crippen molar-refractivity contribution in [2.24, 2.45) is 5.92 Å². The Bertz CT molecular complexity index is 1270. The summed E-state index contributed by atoms with van der Waals surface area (Å²) in [6, 6.07) is 11.3. The van der Waals surface area contributed by atoms with Crippen LogP contribution in [0.1, 0.15) is 47.3 Å². The van der Waals surface area contributed by atoms with Gasteiger partial charge in [0.25, 0.3) is 0 Å². The van der Waals surface area contributed by atoms with Crippen molar-refractivity contribution in [2.75, 3.05) is 20.2 Å². The number of fused-ring (bicyclic) bond motifs is 2. The molecule has 2 aromatic carbocycles. The maximum absolute atomic E-state index is 13.1. The molecule has 2 aliphatic heterocycles. The van der Waals surface area contributed by atoms with Crippen LogP contribution in [0, 0.1) is 5.92 Å². The van der Waals surface area contributed by atoms with Crippen molar-refractivity contribution in [1.29, 1.82) is 0 Å². The van der Waals surface area contributed by atoms with Gasteiger partial charge in [0.2, 0.25) is 5.78 Å². The lowest BCUT2D eigenvalue weighted by Gasteiger charge is -2.30. The Morgan fingerprint density at radius 3 is 2.82 bits per heavy atom. The Kier molecular flexibility index (Phi) is 5.96. The summed E-state index contributed by atoms with van der Waals surface area (Å²) in [4.78, 5) is 25.7. The molecule has 0 saturated carbocycles. The number of aromatic nitrogens is 2. The highest BCUT2D eigenvalue weighted by Gasteiger charge is 2.32. The number of Topliss-reactive ketones (excluding diaryl/α,β-unsaturated/α-hetero) is 1. The normalized spacial score (nSPS) is 17.3. The fourth-order valence-electron chi connectivity index (χ4n) is 4.92. The van der Waals surface area contributed by atoms with E-state index >= 15 is 0 Å². The summed E-state index contributed by atoms with van der Waals surface area (Å²) < 4.78 is 11.7. The van der Waals surface area contributed by atoms with Crippen LogP contribution in [-0.2, 0) is 6.42 Å². The third-order valence-electron chi connectivity index (χ3n) is 6.81. The number of amides is 1. The van der Waals surface area contributed by atoms with Gasteiger partial charge in [0.1, 0.15) is 11.5 Å². The number of ether oxygens (including phenoxy) is 2. The van der Waals surface area contributed by atoms with E-state index in [-0.39, 0.29) is 11.5 Å². The fraction of sp³-hybridized carbons (Fsp3) is 0.346.